The van der Waals surface area contributed by atoms with Gasteiger partial charge in [-0.1, -0.05) is 13.3 Å². The van der Waals surface area contributed by atoms with Crippen LogP contribution in [0.3, 0.4) is 0 Å². The molecule has 0 unspecified atom stereocenters. The van der Waals surface area contributed by atoms with Crippen molar-refractivity contribution >= 4 is 11.6 Å². The SMILES string of the molecule is CNc1ccc(C(=O)NCC2(C)CCC2)cc1C. The van der Waals surface area contributed by atoms with Crippen molar-refractivity contribution in [2.75, 3.05) is 18.9 Å². The Kier molecular flexibility index (Phi) is 3.60. The zero-order valence-electron chi connectivity index (χ0n) is 11.5. The summed E-state index contributed by atoms with van der Waals surface area (Å²) in [6.45, 7) is 5.04. The Hall–Kier alpha value is -1.51. The highest BCUT2D eigenvalue weighted by Crippen LogP contribution is 2.39. The van der Waals surface area contributed by atoms with Gasteiger partial charge in [-0.25, -0.2) is 0 Å². The van der Waals surface area contributed by atoms with E-state index in [2.05, 4.69) is 17.6 Å². The third-order valence-corrected chi connectivity index (χ3v) is 3.99. The Bertz CT molecular complexity index is 450. The molecule has 1 aromatic rings. The first-order valence-corrected chi connectivity index (χ1v) is 6.61. The molecule has 1 saturated carbocycles. The fourth-order valence-corrected chi connectivity index (χ4v) is 2.44. The molecule has 0 atom stereocenters. The zero-order chi connectivity index (χ0) is 13.2. The molecule has 1 aromatic carbocycles. The highest BCUT2D eigenvalue weighted by molar-refractivity contribution is 5.94. The Balaban J connectivity index is 1.98. The number of amides is 1. The Labute approximate surface area is 109 Å². The van der Waals surface area contributed by atoms with Crippen molar-refractivity contribution in [1.82, 2.24) is 5.32 Å². The Morgan fingerprint density at radius 2 is 2.11 bits per heavy atom. The van der Waals surface area contributed by atoms with E-state index in [9.17, 15) is 4.79 Å². The maximum Gasteiger partial charge on any atom is 0.251 e. The summed E-state index contributed by atoms with van der Waals surface area (Å²) in [5.74, 6) is 0.0360. The lowest BCUT2D eigenvalue weighted by atomic mass is 9.70. The summed E-state index contributed by atoms with van der Waals surface area (Å²) in [6, 6.07) is 5.76. The molecule has 1 aliphatic carbocycles. The number of hydrogen-bond acceptors (Lipinski definition) is 2. The predicted octanol–water partition coefficient (Wildman–Crippen LogP) is 2.96. The molecule has 3 heteroatoms. The van der Waals surface area contributed by atoms with Gasteiger partial charge in [-0.05, 0) is 48.9 Å². The highest BCUT2D eigenvalue weighted by Gasteiger charge is 2.31. The van der Waals surface area contributed by atoms with Crippen LogP contribution in [0.4, 0.5) is 5.69 Å². The minimum absolute atomic E-state index is 0.0360. The first kappa shape index (κ1) is 12.9. The molecule has 3 nitrogen and oxygen atoms in total. The molecule has 0 spiro atoms. The fraction of sp³-hybridized carbons (Fsp3) is 0.533. The summed E-state index contributed by atoms with van der Waals surface area (Å²) >= 11 is 0. The largest absolute Gasteiger partial charge is 0.388 e. The van der Waals surface area contributed by atoms with E-state index in [0.29, 0.717) is 5.41 Å². The second-order valence-corrected chi connectivity index (χ2v) is 5.63. The predicted molar refractivity (Wildman–Crippen MR) is 75.0 cm³/mol. The van der Waals surface area contributed by atoms with Gasteiger partial charge >= 0.3 is 0 Å². The molecule has 0 saturated heterocycles. The third kappa shape index (κ3) is 2.66. The highest BCUT2D eigenvalue weighted by atomic mass is 16.1. The third-order valence-electron chi connectivity index (χ3n) is 3.99. The maximum absolute atomic E-state index is 12.1. The van der Waals surface area contributed by atoms with E-state index >= 15 is 0 Å². The van der Waals surface area contributed by atoms with Crippen molar-refractivity contribution in [2.24, 2.45) is 5.41 Å². The van der Waals surface area contributed by atoms with E-state index in [1.165, 1.54) is 19.3 Å². The van der Waals surface area contributed by atoms with Crippen LogP contribution < -0.4 is 10.6 Å². The van der Waals surface area contributed by atoms with Crippen LogP contribution in [0.2, 0.25) is 0 Å². The molecule has 2 N–H and O–H groups in total. The molecule has 1 fully saturated rings. The molecule has 98 valence electrons. The first-order valence-electron chi connectivity index (χ1n) is 6.61. The van der Waals surface area contributed by atoms with Gasteiger partial charge in [0.25, 0.3) is 5.91 Å². The smallest absolute Gasteiger partial charge is 0.251 e. The zero-order valence-corrected chi connectivity index (χ0v) is 11.5. The van der Waals surface area contributed by atoms with Gasteiger partial charge in [0.1, 0.15) is 0 Å². The molecule has 2 rings (SSSR count). The average Bonchev–Trinajstić information content (AvgIpc) is 2.33. The summed E-state index contributed by atoms with van der Waals surface area (Å²) in [4.78, 5) is 12.1. The quantitative estimate of drug-likeness (QED) is 0.857. The van der Waals surface area contributed by atoms with Gasteiger partial charge in [0, 0.05) is 24.8 Å². The number of carbonyl (C=O) groups is 1. The lowest BCUT2D eigenvalue weighted by molar-refractivity contribution is 0.0890. The first-order chi connectivity index (χ1) is 8.54. The fourth-order valence-electron chi connectivity index (χ4n) is 2.44. The summed E-state index contributed by atoms with van der Waals surface area (Å²) in [7, 11) is 1.89. The number of rotatable bonds is 4. The van der Waals surface area contributed by atoms with Gasteiger partial charge in [0.05, 0.1) is 0 Å². The minimum Gasteiger partial charge on any atom is -0.388 e. The second kappa shape index (κ2) is 5.01. The van der Waals surface area contributed by atoms with Crippen molar-refractivity contribution in [3.63, 3.8) is 0 Å². The standard InChI is InChI=1S/C15H22N2O/c1-11-9-12(5-6-13(11)16-3)14(18)17-10-15(2)7-4-8-15/h5-6,9,16H,4,7-8,10H2,1-3H3,(H,17,18). The molecule has 0 bridgehead atoms. The van der Waals surface area contributed by atoms with E-state index < -0.39 is 0 Å². The molecule has 1 aliphatic rings. The van der Waals surface area contributed by atoms with Gasteiger partial charge < -0.3 is 10.6 Å². The molecule has 0 aromatic heterocycles. The van der Waals surface area contributed by atoms with Crippen LogP contribution in [-0.4, -0.2) is 19.5 Å². The lowest BCUT2D eigenvalue weighted by Crippen LogP contribution is -2.39. The van der Waals surface area contributed by atoms with Gasteiger partial charge in [-0.3, -0.25) is 4.79 Å². The number of nitrogens with one attached hydrogen (secondary N) is 2. The van der Waals surface area contributed by atoms with Crippen LogP contribution >= 0.6 is 0 Å². The molecule has 1 amide bonds. The topological polar surface area (TPSA) is 41.1 Å². The van der Waals surface area contributed by atoms with E-state index in [1.54, 1.807) is 0 Å². The van der Waals surface area contributed by atoms with E-state index in [-0.39, 0.29) is 5.91 Å². The number of carbonyl (C=O) groups excluding carboxylic acids is 1. The summed E-state index contributed by atoms with van der Waals surface area (Å²) in [5.41, 5.74) is 3.24. The number of aryl methyl sites for hydroxylation is 1. The van der Waals surface area contributed by atoms with E-state index in [1.807, 2.05) is 32.2 Å². The number of hydrogen-bond donors (Lipinski definition) is 2. The van der Waals surface area contributed by atoms with Crippen molar-refractivity contribution in [3.05, 3.63) is 29.3 Å². The number of anilines is 1. The molecular weight excluding hydrogens is 224 g/mol. The van der Waals surface area contributed by atoms with Crippen LogP contribution in [0.5, 0.6) is 0 Å². The molecular formula is C15H22N2O. The van der Waals surface area contributed by atoms with Crippen LogP contribution in [-0.2, 0) is 0 Å². The normalized spacial score (nSPS) is 16.8. The molecule has 0 aliphatic heterocycles. The van der Waals surface area contributed by atoms with Gasteiger partial charge in [-0.2, -0.15) is 0 Å². The van der Waals surface area contributed by atoms with Crippen molar-refractivity contribution in [1.29, 1.82) is 0 Å². The minimum atomic E-state index is 0.0360. The average molecular weight is 246 g/mol. The summed E-state index contributed by atoms with van der Waals surface area (Å²) in [6.07, 6.45) is 3.75. The van der Waals surface area contributed by atoms with Crippen LogP contribution in [0.1, 0.15) is 42.1 Å². The van der Waals surface area contributed by atoms with E-state index in [4.69, 9.17) is 0 Å². The maximum atomic E-state index is 12.1. The Morgan fingerprint density at radius 1 is 1.39 bits per heavy atom. The number of benzene rings is 1. The Morgan fingerprint density at radius 3 is 2.61 bits per heavy atom. The van der Waals surface area contributed by atoms with Gasteiger partial charge in [0.2, 0.25) is 0 Å². The molecule has 18 heavy (non-hydrogen) atoms. The lowest BCUT2D eigenvalue weighted by Gasteiger charge is -2.38. The van der Waals surface area contributed by atoms with Gasteiger partial charge in [-0.15, -0.1) is 0 Å². The molecule has 0 radical (unpaired) electrons. The van der Waals surface area contributed by atoms with Crippen molar-refractivity contribution in [3.8, 4) is 0 Å². The molecule has 0 heterocycles. The van der Waals surface area contributed by atoms with Crippen LogP contribution in [0.25, 0.3) is 0 Å². The van der Waals surface area contributed by atoms with Gasteiger partial charge in [0.15, 0.2) is 0 Å². The van der Waals surface area contributed by atoms with Crippen LogP contribution in [0.15, 0.2) is 18.2 Å². The van der Waals surface area contributed by atoms with Crippen LogP contribution in [0, 0.1) is 12.3 Å². The van der Waals surface area contributed by atoms with Crippen molar-refractivity contribution in [2.45, 2.75) is 33.1 Å². The summed E-state index contributed by atoms with van der Waals surface area (Å²) < 4.78 is 0. The van der Waals surface area contributed by atoms with E-state index in [0.717, 1.165) is 23.4 Å². The summed E-state index contributed by atoms with van der Waals surface area (Å²) in [5, 5.41) is 6.15. The van der Waals surface area contributed by atoms with Crippen molar-refractivity contribution < 1.29 is 4.79 Å². The monoisotopic (exact) mass is 246 g/mol. The second-order valence-electron chi connectivity index (χ2n) is 5.63.